The number of hydrogen-bond donors (Lipinski definition) is 3. The molecule has 1 aliphatic heterocycles. The first kappa shape index (κ1) is 11.6. The lowest BCUT2D eigenvalue weighted by atomic mass is 10.1. The van der Waals surface area contributed by atoms with E-state index in [0.29, 0.717) is 11.9 Å². The fourth-order valence-corrected chi connectivity index (χ4v) is 2.03. The molecule has 0 bridgehead atoms. The van der Waals surface area contributed by atoms with Crippen LogP contribution in [0.15, 0.2) is 18.2 Å². The highest BCUT2D eigenvalue weighted by molar-refractivity contribution is 6.03. The molecule has 0 atom stereocenters. The van der Waals surface area contributed by atoms with E-state index in [1.54, 1.807) is 0 Å². The fourth-order valence-electron chi connectivity index (χ4n) is 2.03. The van der Waals surface area contributed by atoms with Crippen molar-refractivity contribution in [3.63, 3.8) is 0 Å². The Hall–Kier alpha value is -2.50. The summed E-state index contributed by atoms with van der Waals surface area (Å²) >= 11 is 0. The highest BCUT2D eigenvalue weighted by Gasteiger charge is 2.21. The largest absolute Gasteiger partial charge is 0.358 e. The van der Waals surface area contributed by atoms with E-state index in [1.165, 1.54) is 5.56 Å². The minimum atomic E-state index is -0.0735. The number of aryl methyl sites for hydroxylation is 2. The number of hydrogen-bond acceptors (Lipinski definition) is 4. The topological polar surface area (TPSA) is 80.9 Å². The Morgan fingerprint density at radius 2 is 2.16 bits per heavy atom. The maximum Gasteiger partial charge on any atom is 0.358 e. The van der Waals surface area contributed by atoms with Crippen LogP contribution in [-0.4, -0.2) is 28.4 Å². The van der Waals surface area contributed by atoms with Crippen molar-refractivity contribution in [2.45, 2.75) is 13.8 Å². The first-order valence-corrected chi connectivity index (χ1v) is 6.04. The van der Waals surface area contributed by atoms with Gasteiger partial charge in [0.1, 0.15) is 0 Å². The van der Waals surface area contributed by atoms with Crippen LogP contribution >= 0.6 is 0 Å². The van der Waals surface area contributed by atoms with Crippen molar-refractivity contribution in [1.29, 1.82) is 0 Å². The Labute approximate surface area is 110 Å². The van der Waals surface area contributed by atoms with Crippen LogP contribution < -0.4 is 15.6 Å². The molecule has 0 aliphatic carbocycles. The van der Waals surface area contributed by atoms with Gasteiger partial charge >= 0.3 is 11.9 Å². The molecule has 2 aromatic rings. The van der Waals surface area contributed by atoms with Crippen LogP contribution in [0.3, 0.4) is 0 Å². The van der Waals surface area contributed by atoms with Crippen molar-refractivity contribution in [3.8, 4) is 0 Å². The van der Waals surface area contributed by atoms with Gasteiger partial charge in [-0.3, -0.25) is 9.79 Å². The van der Waals surface area contributed by atoms with Crippen molar-refractivity contribution in [2.75, 3.05) is 11.9 Å². The van der Waals surface area contributed by atoms with Gasteiger partial charge in [-0.05, 0) is 26.0 Å². The minimum absolute atomic E-state index is 0.0735. The second kappa shape index (κ2) is 4.31. The van der Waals surface area contributed by atoms with Crippen molar-refractivity contribution in [3.05, 3.63) is 29.5 Å². The van der Waals surface area contributed by atoms with Crippen molar-refractivity contribution < 1.29 is 9.79 Å². The number of carbonyl (C=O) groups excluding carboxylic acids is 1. The second-order valence-electron chi connectivity index (χ2n) is 4.55. The molecule has 0 saturated carbocycles. The number of aromatic nitrogens is 2. The molecule has 0 radical (unpaired) electrons. The van der Waals surface area contributed by atoms with Gasteiger partial charge in [-0.25, -0.2) is 15.6 Å². The molecule has 6 nitrogen and oxygen atoms in total. The number of fused-ring (bicyclic) bond motifs is 1. The molecular formula is C13H14N5O+. The van der Waals surface area contributed by atoms with Crippen LogP contribution in [0, 0.1) is 13.8 Å². The Morgan fingerprint density at radius 3 is 2.89 bits per heavy atom. The number of amides is 1. The third-order valence-electron chi connectivity index (χ3n) is 2.97. The van der Waals surface area contributed by atoms with Gasteiger partial charge in [-0.2, -0.15) is 4.98 Å². The van der Waals surface area contributed by atoms with E-state index in [4.69, 9.17) is 0 Å². The average Bonchev–Trinajstić information content (AvgIpc) is 2.76. The number of benzene rings is 1. The molecule has 6 heteroatoms. The van der Waals surface area contributed by atoms with Crippen molar-refractivity contribution in [1.82, 2.24) is 15.3 Å². The smallest absolute Gasteiger partial charge is 0.266 e. The monoisotopic (exact) mass is 256 g/mol. The minimum Gasteiger partial charge on any atom is -0.266 e. The molecule has 0 spiro atoms. The Bertz CT molecular complexity index is 707. The summed E-state index contributed by atoms with van der Waals surface area (Å²) in [7, 11) is 0. The van der Waals surface area contributed by atoms with Crippen LogP contribution in [0.4, 0.5) is 5.95 Å². The molecule has 0 unspecified atom stereocenters. The van der Waals surface area contributed by atoms with Gasteiger partial charge in [0.25, 0.3) is 5.95 Å². The lowest BCUT2D eigenvalue weighted by molar-refractivity contribution is -0.437. The van der Waals surface area contributed by atoms with Gasteiger partial charge in [-0.15, -0.1) is 0 Å². The highest BCUT2D eigenvalue weighted by Crippen LogP contribution is 2.18. The summed E-state index contributed by atoms with van der Waals surface area (Å²) < 4.78 is 0. The molecule has 96 valence electrons. The maximum absolute atomic E-state index is 11.1. The lowest BCUT2D eigenvalue weighted by Crippen LogP contribution is -2.72. The number of carbonyl (C=O) groups is 1. The first-order valence-electron chi connectivity index (χ1n) is 6.04. The van der Waals surface area contributed by atoms with Gasteiger partial charge < -0.3 is 0 Å². The van der Waals surface area contributed by atoms with Crippen molar-refractivity contribution in [2.24, 2.45) is 0 Å². The zero-order valence-corrected chi connectivity index (χ0v) is 10.7. The number of nitrogens with zero attached hydrogens (tertiary/aromatic N) is 2. The Morgan fingerprint density at radius 1 is 1.32 bits per heavy atom. The van der Waals surface area contributed by atoms with Crippen molar-refractivity contribution >= 4 is 28.7 Å². The van der Waals surface area contributed by atoms with E-state index in [9.17, 15) is 4.79 Å². The van der Waals surface area contributed by atoms with E-state index >= 15 is 0 Å². The third kappa shape index (κ3) is 2.24. The van der Waals surface area contributed by atoms with Crippen LogP contribution in [0.5, 0.6) is 0 Å². The molecule has 3 N–H and O–H groups in total. The van der Waals surface area contributed by atoms with Crippen LogP contribution in [0.1, 0.15) is 11.3 Å². The molecule has 2 heterocycles. The van der Waals surface area contributed by atoms with E-state index in [0.717, 1.165) is 16.6 Å². The predicted molar refractivity (Wildman–Crippen MR) is 71.6 cm³/mol. The summed E-state index contributed by atoms with van der Waals surface area (Å²) in [6.45, 7) is 4.26. The normalized spacial score (nSPS) is 14.4. The first-order chi connectivity index (χ1) is 9.11. The third-order valence-corrected chi connectivity index (χ3v) is 2.97. The van der Waals surface area contributed by atoms with E-state index in [-0.39, 0.29) is 12.5 Å². The zero-order chi connectivity index (χ0) is 13.4. The molecule has 1 aliphatic rings. The SMILES string of the molecule is Cc1ccc2nc(NC3=[NH+]CC(=O)N3)nc(C)c2c1. The predicted octanol–water partition coefficient (Wildman–Crippen LogP) is -0.775. The van der Waals surface area contributed by atoms with Crippen LogP contribution in [0.2, 0.25) is 0 Å². The van der Waals surface area contributed by atoms with Gasteiger partial charge in [0.05, 0.1) is 11.2 Å². The van der Waals surface area contributed by atoms with Crippen LogP contribution in [-0.2, 0) is 4.79 Å². The quantitative estimate of drug-likeness (QED) is 0.625. The zero-order valence-electron chi connectivity index (χ0n) is 10.7. The summed E-state index contributed by atoms with van der Waals surface area (Å²) in [5.41, 5.74) is 2.96. The number of rotatable bonds is 1. The average molecular weight is 256 g/mol. The van der Waals surface area contributed by atoms with Gasteiger partial charge in [0.2, 0.25) is 0 Å². The Kier molecular flexibility index (Phi) is 2.63. The standard InChI is InChI=1S/C13H13N5O/c1-7-3-4-10-9(5-7)8(2)15-13(16-10)18-12-14-6-11(19)17-12/h3-5H,6H2,1-2H3,(H2,14,15,16,17,18,19)/p+1. The molecule has 0 saturated heterocycles. The Balaban J connectivity index is 1.97. The van der Waals surface area contributed by atoms with Gasteiger partial charge in [-0.1, -0.05) is 11.6 Å². The molecule has 19 heavy (non-hydrogen) atoms. The fraction of sp³-hybridized carbons (Fsp3) is 0.231. The summed E-state index contributed by atoms with van der Waals surface area (Å²) in [6.07, 6.45) is 0. The van der Waals surface area contributed by atoms with E-state index in [1.807, 2.05) is 26.0 Å². The molecule has 1 aromatic heterocycles. The summed E-state index contributed by atoms with van der Waals surface area (Å²) in [5.74, 6) is 0.921. The molecule has 3 rings (SSSR count). The molecule has 1 aromatic carbocycles. The molecular weight excluding hydrogens is 242 g/mol. The molecule has 0 fully saturated rings. The van der Waals surface area contributed by atoms with E-state index < -0.39 is 0 Å². The summed E-state index contributed by atoms with van der Waals surface area (Å²) in [4.78, 5) is 22.8. The summed E-state index contributed by atoms with van der Waals surface area (Å²) in [5, 5.41) is 6.67. The van der Waals surface area contributed by atoms with E-state index in [2.05, 4.69) is 31.7 Å². The number of nitrogens with one attached hydrogen (secondary N) is 3. The molecule has 1 amide bonds. The van der Waals surface area contributed by atoms with Gasteiger partial charge in [0.15, 0.2) is 6.54 Å². The summed E-state index contributed by atoms with van der Waals surface area (Å²) in [6, 6.07) is 6.05. The second-order valence-corrected chi connectivity index (χ2v) is 4.55. The van der Waals surface area contributed by atoms with Gasteiger partial charge in [0, 0.05) is 5.39 Å². The number of anilines is 1. The van der Waals surface area contributed by atoms with Crippen LogP contribution in [0.25, 0.3) is 10.9 Å². The highest BCUT2D eigenvalue weighted by atomic mass is 16.2. The lowest BCUT2D eigenvalue weighted by Gasteiger charge is -2.04. The number of guanidine groups is 1. The maximum atomic E-state index is 11.1.